The Balaban J connectivity index is 2.14. The van der Waals surface area contributed by atoms with Gasteiger partial charge in [-0.2, -0.15) is 0 Å². The molecule has 0 heterocycles. The van der Waals surface area contributed by atoms with Gasteiger partial charge in [-0.1, -0.05) is 30.3 Å². The lowest BCUT2D eigenvalue weighted by Gasteiger charge is -2.21. The third kappa shape index (κ3) is 6.07. The van der Waals surface area contributed by atoms with Crippen LogP contribution in [0.2, 0.25) is 0 Å². The average Bonchev–Trinajstić information content (AvgIpc) is 2.65. The van der Waals surface area contributed by atoms with E-state index in [1.165, 1.54) is 11.8 Å². The summed E-state index contributed by atoms with van der Waals surface area (Å²) in [6.45, 7) is 1.18. The largest absolute Gasteiger partial charge is 0.487 e. The van der Waals surface area contributed by atoms with E-state index < -0.39 is 12.5 Å². The SMILES string of the molecule is CC(=N)C(=N)COc1cccc(CN(CC(=O)O)C(=O)c2ccccc2)c1. The molecular weight excluding hydrogens is 346 g/mol. The minimum atomic E-state index is -1.10. The number of carbonyl (C=O) groups excluding carboxylic acids is 1. The van der Waals surface area contributed by atoms with Crippen molar-refractivity contribution in [3.63, 3.8) is 0 Å². The molecule has 0 radical (unpaired) electrons. The van der Waals surface area contributed by atoms with Gasteiger partial charge in [0.05, 0.1) is 11.4 Å². The molecule has 3 N–H and O–H groups in total. The Morgan fingerprint density at radius 1 is 1.07 bits per heavy atom. The van der Waals surface area contributed by atoms with Crippen LogP contribution in [0.3, 0.4) is 0 Å². The lowest BCUT2D eigenvalue weighted by Crippen LogP contribution is -2.35. The Hall–Kier alpha value is -3.48. The zero-order chi connectivity index (χ0) is 19.8. The van der Waals surface area contributed by atoms with Crippen LogP contribution < -0.4 is 4.74 Å². The second kappa shape index (κ2) is 9.28. The molecular formula is C20H21N3O4. The van der Waals surface area contributed by atoms with Crippen LogP contribution in [0.4, 0.5) is 0 Å². The highest BCUT2D eigenvalue weighted by molar-refractivity contribution is 6.39. The first-order chi connectivity index (χ1) is 12.9. The van der Waals surface area contributed by atoms with Crippen LogP contribution in [0, 0.1) is 10.8 Å². The van der Waals surface area contributed by atoms with E-state index in [-0.39, 0.29) is 30.5 Å². The van der Waals surface area contributed by atoms with Crippen molar-refractivity contribution in [1.82, 2.24) is 4.90 Å². The number of carboxylic acids is 1. The Morgan fingerprint density at radius 2 is 1.78 bits per heavy atom. The molecule has 27 heavy (non-hydrogen) atoms. The van der Waals surface area contributed by atoms with Crippen LogP contribution in [0.25, 0.3) is 0 Å². The third-order valence-corrected chi connectivity index (χ3v) is 3.74. The third-order valence-electron chi connectivity index (χ3n) is 3.74. The van der Waals surface area contributed by atoms with Crippen LogP contribution >= 0.6 is 0 Å². The molecule has 140 valence electrons. The van der Waals surface area contributed by atoms with E-state index in [1.807, 2.05) is 0 Å². The normalized spacial score (nSPS) is 10.1. The molecule has 2 rings (SSSR count). The van der Waals surface area contributed by atoms with Crippen molar-refractivity contribution in [3.8, 4) is 5.75 Å². The summed E-state index contributed by atoms with van der Waals surface area (Å²) in [4.78, 5) is 25.1. The molecule has 0 fully saturated rings. The first-order valence-corrected chi connectivity index (χ1v) is 8.27. The van der Waals surface area contributed by atoms with E-state index in [1.54, 1.807) is 54.6 Å². The molecule has 0 atom stereocenters. The number of nitrogens with zero attached hydrogens (tertiary/aromatic N) is 1. The van der Waals surface area contributed by atoms with Crippen LogP contribution in [0.1, 0.15) is 22.8 Å². The summed E-state index contributed by atoms with van der Waals surface area (Å²) in [5.74, 6) is -0.979. The fraction of sp³-hybridized carbons (Fsp3) is 0.200. The molecule has 0 aliphatic heterocycles. The zero-order valence-electron chi connectivity index (χ0n) is 14.9. The van der Waals surface area contributed by atoms with Gasteiger partial charge in [-0.05, 0) is 36.8 Å². The molecule has 7 heteroatoms. The molecule has 0 aromatic heterocycles. The van der Waals surface area contributed by atoms with Crippen molar-refractivity contribution in [1.29, 1.82) is 10.8 Å². The highest BCUT2D eigenvalue weighted by Crippen LogP contribution is 2.16. The van der Waals surface area contributed by atoms with Gasteiger partial charge in [0.15, 0.2) is 0 Å². The number of carboxylic acid groups (broad SMARTS) is 1. The summed E-state index contributed by atoms with van der Waals surface area (Å²) in [5.41, 5.74) is 1.33. The Labute approximate surface area is 157 Å². The van der Waals surface area contributed by atoms with Crippen molar-refractivity contribution < 1.29 is 19.4 Å². The maximum absolute atomic E-state index is 12.6. The Kier molecular flexibility index (Phi) is 6.82. The van der Waals surface area contributed by atoms with Gasteiger partial charge in [0, 0.05) is 12.1 Å². The molecule has 7 nitrogen and oxygen atoms in total. The first kappa shape index (κ1) is 19.8. The van der Waals surface area contributed by atoms with Crippen molar-refractivity contribution >= 4 is 23.3 Å². The van der Waals surface area contributed by atoms with Gasteiger partial charge >= 0.3 is 5.97 Å². The average molecular weight is 367 g/mol. The molecule has 0 aliphatic carbocycles. The molecule has 0 spiro atoms. The van der Waals surface area contributed by atoms with Crippen molar-refractivity contribution in [2.24, 2.45) is 0 Å². The van der Waals surface area contributed by atoms with Gasteiger partial charge in [0.1, 0.15) is 18.9 Å². The molecule has 0 bridgehead atoms. The summed E-state index contributed by atoms with van der Waals surface area (Å²) in [5, 5.41) is 24.2. The summed E-state index contributed by atoms with van der Waals surface area (Å²) < 4.78 is 5.49. The molecule has 0 saturated carbocycles. The maximum Gasteiger partial charge on any atom is 0.323 e. The summed E-state index contributed by atoms with van der Waals surface area (Å²) in [6.07, 6.45) is 0. The highest BCUT2D eigenvalue weighted by Gasteiger charge is 2.19. The fourth-order valence-corrected chi connectivity index (χ4v) is 2.34. The van der Waals surface area contributed by atoms with Gasteiger partial charge < -0.3 is 20.2 Å². The van der Waals surface area contributed by atoms with Crippen molar-refractivity contribution in [2.45, 2.75) is 13.5 Å². The Morgan fingerprint density at radius 3 is 2.41 bits per heavy atom. The lowest BCUT2D eigenvalue weighted by atomic mass is 10.1. The standard InChI is InChI=1S/C20H21N3O4/c1-14(21)18(22)13-27-17-9-5-6-15(10-17)11-23(12-19(24)25)20(26)16-7-3-2-4-8-16/h2-10,21-22H,11-13H2,1H3,(H,24,25). The van der Waals surface area contributed by atoms with E-state index >= 15 is 0 Å². The molecule has 0 aliphatic rings. The summed E-state index contributed by atoms with van der Waals surface area (Å²) in [6, 6.07) is 15.4. The van der Waals surface area contributed by atoms with Gasteiger partial charge in [0.2, 0.25) is 0 Å². The second-order valence-electron chi connectivity index (χ2n) is 5.96. The fourth-order valence-electron chi connectivity index (χ4n) is 2.34. The lowest BCUT2D eigenvalue weighted by molar-refractivity contribution is -0.137. The van der Waals surface area contributed by atoms with Crippen LogP contribution in [0.5, 0.6) is 5.75 Å². The predicted octanol–water partition coefficient (Wildman–Crippen LogP) is 2.85. The van der Waals surface area contributed by atoms with Gasteiger partial charge in [-0.3, -0.25) is 15.0 Å². The van der Waals surface area contributed by atoms with Crippen LogP contribution in [0.15, 0.2) is 54.6 Å². The summed E-state index contributed by atoms with van der Waals surface area (Å²) in [7, 11) is 0. The quantitative estimate of drug-likeness (QED) is 0.591. The van der Waals surface area contributed by atoms with E-state index in [4.69, 9.17) is 20.7 Å². The topological polar surface area (TPSA) is 115 Å². The molecule has 2 aromatic carbocycles. The number of benzene rings is 2. The number of amides is 1. The van der Waals surface area contributed by atoms with E-state index in [0.717, 1.165) is 0 Å². The van der Waals surface area contributed by atoms with Crippen LogP contribution in [-0.2, 0) is 11.3 Å². The molecule has 2 aromatic rings. The van der Waals surface area contributed by atoms with E-state index in [2.05, 4.69) is 0 Å². The molecule has 1 amide bonds. The number of carbonyl (C=O) groups is 2. The second-order valence-corrected chi connectivity index (χ2v) is 5.96. The van der Waals surface area contributed by atoms with Crippen molar-refractivity contribution in [3.05, 3.63) is 65.7 Å². The number of hydrogen-bond acceptors (Lipinski definition) is 5. The first-order valence-electron chi connectivity index (χ1n) is 8.27. The maximum atomic E-state index is 12.6. The number of aliphatic carboxylic acids is 1. The van der Waals surface area contributed by atoms with Gasteiger partial charge in [0.25, 0.3) is 5.91 Å². The Bertz CT molecular complexity index is 849. The van der Waals surface area contributed by atoms with Crippen LogP contribution in [-0.4, -0.2) is 46.5 Å². The smallest absolute Gasteiger partial charge is 0.323 e. The molecule has 0 saturated heterocycles. The monoisotopic (exact) mass is 367 g/mol. The number of ether oxygens (including phenoxy) is 1. The predicted molar refractivity (Wildman–Crippen MR) is 102 cm³/mol. The van der Waals surface area contributed by atoms with Gasteiger partial charge in [-0.25, -0.2) is 0 Å². The van der Waals surface area contributed by atoms with Crippen molar-refractivity contribution in [2.75, 3.05) is 13.2 Å². The minimum absolute atomic E-state index is 0.0272. The van der Waals surface area contributed by atoms with Gasteiger partial charge in [-0.15, -0.1) is 0 Å². The highest BCUT2D eigenvalue weighted by atomic mass is 16.5. The number of hydrogen-bond donors (Lipinski definition) is 3. The number of nitrogens with one attached hydrogen (secondary N) is 2. The minimum Gasteiger partial charge on any atom is -0.487 e. The molecule has 0 unspecified atom stereocenters. The van der Waals surface area contributed by atoms with E-state index in [9.17, 15) is 9.59 Å². The summed E-state index contributed by atoms with van der Waals surface area (Å²) >= 11 is 0. The van der Waals surface area contributed by atoms with E-state index in [0.29, 0.717) is 16.9 Å². The zero-order valence-corrected chi connectivity index (χ0v) is 14.9. The number of rotatable bonds is 9.